The molecule has 0 fully saturated rings. The van der Waals surface area contributed by atoms with Crippen molar-refractivity contribution in [3.05, 3.63) is 65.5 Å². The van der Waals surface area contributed by atoms with Crippen LogP contribution < -0.4 is 0 Å². The van der Waals surface area contributed by atoms with Crippen LogP contribution in [0.4, 0.5) is 0 Å². The van der Waals surface area contributed by atoms with E-state index in [1.165, 1.54) is 5.56 Å². The highest BCUT2D eigenvalue weighted by Gasteiger charge is 2.06. The first kappa shape index (κ1) is 14.3. The van der Waals surface area contributed by atoms with Gasteiger partial charge in [0.05, 0.1) is 12.1 Å². The second-order valence-electron chi connectivity index (χ2n) is 5.05. The largest absolute Gasteiger partial charge is 0.461 e. The van der Waals surface area contributed by atoms with Gasteiger partial charge in [0, 0.05) is 6.20 Å². The third-order valence-corrected chi connectivity index (χ3v) is 3.10. The highest BCUT2D eigenvalue weighted by Crippen LogP contribution is 2.15. The van der Waals surface area contributed by atoms with E-state index in [0.717, 1.165) is 11.3 Å². The van der Waals surface area contributed by atoms with Gasteiger partial charge in [-0.3, -0.25) is 9.78 Å². The Labute approximate surface area is 119 Å². The predicted molar refractivity (Wildman–Crippen MR) is 78.3 cm³/mol. The van der Waals surface area contributed by atoms with E-state index in [4.69, 9.17) is 4.74 Å². The number of rotatable bonds is 5. The van der Waals surface area contributed by atoms with Gasteiger partial charge in [0.2, 0.25) is 0 Å². The zero-order valence-corrected chi connectivity index (χ0v) is 11.9. The Morgan fingerprint density at radius 1 is 1.15 bits per heavy atom. The van der Waals surface area contributed by atoms with E-state index in [1.54, 1.807) is 6.20 Å². The monoisotopic (exact) mass is 269 g/mol. The standard InChI is InChI=1S/C17H19NO2/c1-13(2)15-8-6-14(7-9-15)12-20-17(19)11-16-5-3-4-10-18-16/h3-10,13H,11-12H2,1-2H3. The number of aromatic nitrogens is 1. The summed E-state index contributed by atoms with van der Waals surface area (Å²) in [5.74, 6) is 0.257. The van der Waals surface area contributed by atoms with E-state index in [-0.39, 0.29) is 12.4 Å². The molecule has 0 N–H and O–H groups in total. The lowest BCUT2D eigenvalue weighted by molar-refractivity contribution is -0.144. The van der Waals surface area contributed by atoms with Crippen molar-refractivity contribution < 1.29 is 9.53 Å². The van der Waals surface area contributed by atoms with Gasteiger partial charge in [0.15, 0.2) is 0 Å². The molecular weight excluding hydrogens is 250 g/mol. The average Bonchev–Trinajstić information content (AvgIpc) is 2.46. The predicted octanol–water partition coefficient (Wildman–Crippen LogP) is 3.49. The Kier molecular flexibility index (Phi) is 4.88. The van der Waals surface area contributed by atoms with E-state index < -0.39 is 0 Å². The number of benzene rings is 1. The molecule has 1 heterocycles. The van der Waals surface area contributed by atoms with Crippen molar-refractivity contribution >= 4 is 5.97 Å². The van der Waals surface area contributed by atoms with Crippen LogP contribution in [0.5, 0.6) is 0 Å². The van der Waals surface area contributed by atoms with Crippen molar-refractivity contribution in [2.75, 3.05) is 0 Å². The van der Waals surface area contributed by atoms with Crippen molar-refractivity contribution in [3.8, 4) is 0 Å². The summed E-state index contributed by atoms with van der Waals surface area (Å²) in [6, 6.07) is 13.7. The maximum Gasteiger partial charge on any atom is 0.312 e. The molecule has 0 bridgehead atoms. The fourth-order valence-corrected chi connectivity index (χ4v) is 1.86. The molecule has 0 aliphatic rings. The van der Waals surface area contributed by atoms with Crippen LogP contribution in [0.25, 0.3) is 0 Å². The molecule has 0 saturated heterocycles. The number of esters is 1. The van der Waals surface area contributed by atoms with Gasteiger partial charge in [-0.1, -0.05) is 44.2 Å². The molecule has 1 aromatic heterocycles. The van der Waals surface area contributed by atoms with Gasteiger partial charge in [0.1, 0.15) is 6.61 Å². The lowest BCUT2D eigenvalue weighted by Gasteiger charge is -2.08. The van der Waals surface area contributed by atoms with Crippen molar-refractivity contribution in [2.24, 2.45) is 0 Å². The van der Waals surface area contributed by atoms with Crippen molar-refractivity contribution in [1.82, 2.24) is 4.98 Å². The quantitative estimate of drug-likeness (QED) is 0.780. The van der Waals surface area contributed by atoms with Gasteiger partial charge in [0.25, 0.3) is 0 Å². The molecule has 0 aliphatic heterocycles. The number of ether oxygens (including phenoxy) is 1. The van der Waals surface area contributed by atoms with Crippen LogP contribution in [0, 0.1) is 0 Å². The number of carbonyl (C=O) groups excluding carboxylic acids is 1. The molecule has 3 nitrogen and oxygen atoms in total. The minimum Gasteiger partial charge on any atom is -0.461 e. The molecule has 0 unspecified atom stereocenters. The molecule has 3 heteroatoms. The molecule has 0 aliphatic carbocycles. The molecule has 1 aromatic carbocycles. The van der Waals surface area contributed by atoms with Gasteiger partial charge in [-0.2, -0.15) is 0 Å². The van der Waals surface area contributed by atoms with Gasteiger partial charge in [-0.15, -0.1) is 0 Å². The van der Waals surface area contributed by atoms with Crippen LogP contribution in [0.15, 0.2) is 48.7 Å². The van der Waals surface area contributed by atoms with Crippen LogP contribution >= 0.6 is 0 Å². The molecule has 20 heavy (non-hydrogen) atoms. The second kappa shape index (κ2) is 6.85. The molecule has 2 rings (SSSR count). The summed E-state index contributed by atoms with van der Waals surface area (Å²) in [5.41, 5.74) is 3.02. The second-order valence-corrected chi connectivity index (χ2v) is 5.05. The average molecular weight is 269 g/mol. The lowest BCUT2D eigenvalue weighted by Crippen LogP contribution is -2.09. The summed E-state index contributed by atoms with van der Waals surface area (Å²) >= 11 is 0. The molecule has 104 valence electrons. The first-order valence-electron chi connectivity index (χ1n) is 6.79. The zero-order valence-electron chi connectivity index (χ0n) is 11.9. The maximum absolute atomic E-state index is 11.7. The van der Waals surface area contributed by atoms with Crippen LogP contribution in [-0.4, -0.2) is 11.0 Å². The maximum atomic E-state index is 11.7. The topological polar surface area (TPSA) is 39.2 Å². The number of hydrogen-bond donors (Lipinski definition) is 0. The molecule has 0 atom stereocenters. The smallest absolute Gasteiger partial charge is 0.312 e. The summed E-state index contributed by atoms with van der Waals surface area (Å²) in [6.07, 6.45) is 1.89. The summed E-state index contributed by atoms with van der Waals surface area (Å²) in [6.45, 7) is 4.62. The van der Waals surface area contributed by atoms with Gasteiger partial charge >= 0.3 is 5.97 Å². The van der Waals surface area contributed by atoms with Crippen molar-refractivity contribution in [2.45, 2.75) is 32.8 Å². The first-order chi connectivity index (χ1) is 9.65. The Morgan fingerprint density at radius 3 is 2.50 bits per heavy atom. The molecule has 0 amide bonds. The SMILES string of the molecule is CC(C)c1ccc(COC(=O)Cc2ccccn2)cc1. The highest BCUT2D eigenvalue weighted by atomic mass is 16.5. The highest BCUT2D eigenvalue weighted by molar-refractivity contribution is 5.71. The summed E-state index contributed by atoms with van der Waals surface area (Å²) in [4.78, 5) is 15.8. The summed E-state index contributed by atoms with van der Waals surface area (Å²) in [7, 11) is 0. The number of carbonyl (C=O) groups is 1. The number of hydrogen-bond acceptors (Lipinski definition) is 3. The normalized spacial score (nSPS) is 10.6. The van der Waals surface area contributed by atoms with E-state index in [2.05, 4.69) is 31.0 Å². The Bertz CT molecular complexity index is 547. The van der Waals surface area contributed by atoms with Crippen molar-refractivity contribution in [3.63, 3.8) is 0 Å². The minimum absolute atomic E-state index is 0.213. The fraction of sp³-hybridized carbons (Fsp3) is 0.294. The number of nitrogens with zero attached hydrogens (tertiary/aromatic N) is 1. The van der Waals surface area contributed by atoms with E-state index in [1.807, 2.05) is 30.3 Å². The van der Waals surface area contributed by atoms with Crippen LogP contribution in [0.3, 0.4) is 0 Å². The van der Waals surface area contributed by atoms with Crippen molar-refractivity contribution in [1.29, 1.82) is 0 Å². The van der Waals surface area contributed by atoms with Crippen LogP contribution in [-0.2, 0) is 22.6 Å². The molecular formula is C17H19NO2. The Hall–Kier alpha value is -2.16. The minimum atomic E-state index is -0.253. The fourth-order valence-electron chi connectivity index (χ4n) is 1.86. The van der Waals surface area contributed by atoms with Crippen LogP contribution in [0.1, 0.15) is 36.6 Å². The molecule has 2 aromatic rings. The van der Waals surface area contributed by atoms with Gasteiger partial charge in [-0.25, -0.2) is 0 Å². The Morgan fingerprint density at radius 2 is 1.90 bits per heavy atom. The van der Waals surface area contributed by atoms with Crippen LogP contribution in [0.2, 0.25) is 0 Å². The summed E-state index contributed by atoms with van der Waals surface area (Å²) < 4.78 is 5.25. The van der Waals surface area contributed by atoms with E-state index >= 15 is 0 Å². The third-order valence-electron chi connectivity index (χ3n) is 3.10. The third kappa shape index (κ3) is 4.19. The zero-order chi connectivity index (χ0) is 14.4. The van der Waals surface area contributed by atoms with E-state index in [0.29, 0.717) is 12.5 Å². The van der Waals surface area contributed by atoms with Gasteiger partial charge < -0.3 is 4.74 Å². The van der Waals surface area contributed by atoms with E-state index in [9.17, 15) is 4.79 Å². The Balaban J connectivity index is 1.84. The first-order valence-corrected chi connectivity index (χ1v) is 6.79. The molecule has 0 radical (unpaired) electrons. The summed E-state index contributed by atoms with van der Waals surface area (Å²) in [5, 5.41) is 0. The molecule has 0 saturated carbocycles. The lowest BCUT2D eigenvalue weighted by atomic mass is 10.0. The molecule has 0 spiro atoms. The van der Waals surface area contributed by atoms with Gasteiger partial charge in [-0.05, 0) is 29.2 Å². The number of pyridine rings is 1.